The van der Waals surface area contributed by atoms with Crippen LogP contribution in [0.4, 0.5) is 0 Å². The van der Waals surface area contributed by atoms with E-state index < -0.39 is 0 Å². The first-order valence-corrected chi connectivity index (χ1v) is 9.15. The van der Waals surface area contributed by atoms with Crippen molar-refractivity contribution in [3.63, 3.8) is 0 Å². The molecule has 0 radical (unpaired) electrons. The molecule has 25 heavy (non-hydrogen) atoms. The number of aliphatic hydroxyl groups excluding tert-OH is 1. The molecule has 1 atom stereocenters. The average molecular weight is 340 g/mol. The van der Waals surface area contributed by atoms with Gasteiger partial charge in [-0.15, -0.1) is 5.75 Å². The molecule has 0 spiro atoms. The zero-order valence-electron chi connectivity index (χ0n) is 15.8. The summed E-state index contributed by atoms with van der Waals surface area (Å²) in [6.07, 6.45) is 0.879. The van der Waals surface area contributed by atoms with Gasteiger partial charge in [-0.1, -0.05) is 48.5 Å². The van der Waals surface area contributed by atoms with Crippen LogP contribution >= 0.6 is 0 Å². The van der Waals surface area contributed by atoms with Gasteiger partial charge in [-0.2, -0.15) is 0 Å². The second-order valence-corrected chi connectivity index (χ2v) is 7.21. The summed E-state index contributed by atoms with van der Waals surface area (Å²) in [6.45, 7) is 9.73. The molecular weight excluding hydrogens is 310 g/mol. The van der Waals surface area contributed by atoms with Gasteiger partial charge in [0.1, 0.15) is 0 Å². The molecule has 136 valence electrons. The van der Waals surface area contributed by atoms with E-state index in [2.05, 4.69) is 44.7 Å². The highest BCUT2D eigenvalue weighted by Crippen LogP contribution is 2.34. The maximum atomic E-state index is 12.5. The van der Waals surface area contributed by atoms with Crippen LogP contribution in [-0.2, 0) is 6.61 Å². The summed E-state index contributed by atoms with van der Waals surface area (Å²) in [6, 6.07) is 16.3. The molecule has 0 aliphatic heterocycles. The van der Waals surface area contributed by atoms with Crippen LogP contribution in [0.5, 0.6) is 5.75 Å². The minimum Gasteiger partial charge on any atom is -0.872 e. The maximum Gasteiger partial charge on any atom is 0.0681 e. The number of hydrogen-bond acceptors (Lipinski definition) is 3. The van der Waals surface area contributed by atoms with Gasteiger partial charge in [0.25, 0.3) is 0 Å². The topological polar surface area (TPSA) is 46.5 Å². The first-order valence-electron chi connectivity index (χ1n) is 9.15. The minimum absolute atomic E-state index is 0.0419. The summed E-state index contributed by atoms with van der Waals surface area (Å²) in [5.74, 6) is 0.0897. The van der Waals surface area contributed by atoms with Gasteiger partial charge in [0.15, 0.2) is 0 Å². The Kier molecular flexibility index (Phi) is 7.03. The Morgan fingerprint density at radius 3 is 2.16 bits per heavy atom. The molecule has 0 aliphatic rings. The lowest BCUT2D eigenvalue weighted by molar-refractivity contribution is -0.269. The highest BCUT2D eigenvalue weighted by molar-refractivity contribution is 5.43. The molecule has 1 N–H and O–H groups in total. The van der Waals surface area contributed by atoms with E-state index in [1.165, 1.54) is 0 Å². The molecule has 0 bridgehead atoms. The van der Waals surface area contributed by atoms with Crippen LogP contribution in [-0.4, -0.2) is 28.6 Å². The number of nitrogens with zero attached hydrogens (tertiary/aromatic N) is 1. The van der Waals surface area contributed by atoms with E-state index in [0.717, 1.165) is 29.7 Å². The summed E-state index contributed by atoms with van der Waals surface area (Å²) in [5.41, 5.74) is 2.73. The summed E-state index contributed by atoms with van der Waals surface area (Å²) in [7, 11) is 0. The fraction of sp³-hybridized carbons (Fsp3) is 0.455. The van der Waals surface area contributed by atoms with E-state index >= 15 is 0 Å². The molecule has 0 saturated heterocycles. The van der Waals surface area contributed by atoms with Crippen molar-refractivity contribution in [2.24, 2.45) is 0 Å². The zero-order valence-corrected chi connectivity index (χ0v) is 15.8. The summed E-state index contributed by atoms with van der Waals surface area (Å²) >= 11 is 0. The SMILES string of the molecule is CC(C)N(CC[C@H](c1ccccc1)c1cc(CO)ccc1[O-])C(C)C. The quantitative estimate of drug-likeness (QED) is 0.793. The Hall–Kier alpha value is -1.84. The Morgan fingerprint density at radius 1 is 0.960 bits per heavy atom. The molecule has 2 aromatic carbocycles. The van der Waals surface area contributed by atoms with E-state index in [4.69, 9.17) is 0 Å². The summed E-state index contributed by atoms with van der Waals surface area (Å²) < 4.78 is 0. The van der Waals surface area contributed by atoms with Gasteiger partial charge in [0.2, 0.25) is 0 Å². The number of rotatable bonds is 8. The van der Waals surface area contributed by atoms with Gasteiger partial charge in [0, 0.05) is 18.0 Å². The molecule has 0 aliphatic carbocycles. The fourth-order valence-corrected chi connectivity index (χ4v) is 3.55. The first kappa shape index (κ1) is 19.5. The summed E-state index contributed by atoms with van der Waals surface area (Å²) in [5, 5.41) is 22.0. The molecule has 0 saturated carbocycles. The van der Waals surface area contributed by atoms with Gasteiger partial charge in [-0.3, -0.25) is 4.90 Å². The van der Waals surface area contributed by atoms with Gasteiger partial charge >= 0.3 is 0 Å². The standard InChI is InChI=1S/C22H31NO2/c1-16(2)23(17(3)4)13-12-20(19-8-6-5-7-9-19)21-14-18(15-24)10-11-22(21)25/h5-11,14,16-17,20,24-25H,12-13,15H2,1-4H3/p-1/t20-/m1/s1. The lowest BCUT2D eigenvalue weighted by atomic mass is 9.86. The molecule has 0 fully saturated rings. The first-order chi connectivity index (χ1) is 11.9. The number of aliphatic hydroxyl groups is 1. The Bertz CT molecular complexity index is 644. The van der Waals surface area contributed by atoms with Crippen molar-refractivity contribution in [2.45, 2.75) is 58.7 Å². The molecular formula is C22H30NO2-. The number of benzene rings is 2. The van der Waals surface area contributed by atoms with Crippen LogP contribution < -0.4 is 5.11 Å². The fourth-order valence-electron chi connectivity index (χ4n) is 3.55. The zero-order chi connectivity index (χ0) is 18.4. The van der Waals surface area contributed by atoms with Gasteiger partial charge < -0.3 is 10.2 Å². The predicted octanol–water partition coefficient (Wildman–Crippen LogP) is 3.89. The predicted molar refractivity (Wildman–Crippen MR) is 102 cm³/mol. The van der Waals surface area contributed by atoms with Gasteiger partial charge in [-0.25, -0.2) is 0 Å². The van der Waals surface area contributed by atoms with Crippen molar-refractivity contribution < 1.29 is 10.2 Å². The summed E-state index contributed by atoms with van der Waals surface area (Å²) in [4.78, 5) is 2.45. The lowest BCUT2D eigenvalue weighted by Gasteiger charge is -2.33. The van der Waals surface area contributed by atoms with Crippen LogP contribution in [0.25, 0.3) is 0 Å². The third kappa shape index (κ3) is 5.07. The Morgan fingerprint density at radius 2 is 1.60 bits per heavy atom. The molecule has 2 rings (SSSR count). The van der Waals surface area contributed by atoms with E-state index in [0.29, 0.717) is 12.1 Å². The van der Waals surface area contributed by atoms with Crippen LogP contribution in [0.1, 0.15) is 56.7 Å². The van der Waals surface area contributed by atoms with Crippen molar-refractivity contribution >= 4 is 0 Å². The third-order valence-corrected chi connectivity index (χ3v) is 4.84. The van der Waals surface area contributed by atoms with Crippen LogP contribution in [0.15, 0.2) is 48.5 Å². The van der Waals surface area contributed by atoms with Crippen molar-refractivity contribution in [3.8, 4) is 5.75 Å². The molecule has 0 heterocycles. The highest BCUT2D eigenvalue weighted by Gasteiger charge is 2.19. The third-order valence-electron chi connectivity index (χ3n) is 4.84. The highest BCUT2D eigenvalue weighted by atomic mass is 16.3. The monoisotopic (exact) mass is 340 g/mol. The molecule has 2 aromatic rings. The Balaban J connectivity index is 2.35. The molecule has 0 unspecified atom stereocenters. The minimum atomic E-state index is -0.0428. The van der Waals surface area contributed by atoms with Gasteiger partial charge in [-0.05, 0) is 57.4 Å². The Labute approximate surface area is 151 Å². The van der Waals surface area contributed by atoms with E-state index in [9.17, 15) is 10.2 Å². The largest absolute Gasteiger partial charge is 0.872 e. The lowest BCUT2D eigenvalue weighted by Crippen LogP contribution is -2.38. The molecule has 0 aromatic heterocycles. The van der Waals surface area contributed by atoms with E-state index in [1.54, 1.807) is 12.1 Å². The van der Waals surface area contributed by atoms with Crippen LogP contribution in [0.2, 0.25) is 0 Å². The van der Waals surface area contributed by atoms with Crippen molar-refractivity contribution in [2.75, 3.05) is 6.54 Å². The van der Waals surface area contributed by atoms with Crippen LogP contribution in [0.3, 0.4) is 0 Å². The smallest absolute Gasteiger partial charge is 0.0681 e. The van der Waals surface area contributed by atoms with Crippen LogP contribution in [0, 0.1) is 0 Å². The van der Waals surface area contributed by atoms with Gasteiger partial charge in [0.05, 0.1) is 6.61 Å². The normalized spacial score (nSPS) is 13.0. The number of hydrogen-bond donors (Lipinski definition) is 1. The molecule has 3 heteroatoms. The molecule has 3 nitrogen and oxygen atoms in total. The second kappa shape index (κ2) is 9.02. The second-order valence-electron chi connectivity index (χ2n) is 7.21. The average Bonchev–Trinajstić information content (AvgIpc) is 2.59. The van der Waals surface area contributed by atoms with Crippen molar-refractivity contribution in [3.05, 3.63) is 65.2 Å². The van der Waals surface area contributed by atoms with E-state index in [-0.39, 0.29) is 18.3 Å². The van der Waals surface area contributed by atoms with Crippen molar-refractivity contribution in [1.29, 1.82) is 0 Å². The van der Waals surface area contributed by atoms with E-state index in [1.807, 2.05) is 24.3 Å². The van der Waals surface area contributed by atoms with Crippen molar-refractivity contribution in [1.82, 2.24) is 4.90 Å². The molecule has 0 amide bonds. The maximum absolute atomic E-state index is 12.5.